The van der Waals surface area contributed by atoms with Crippen molar-refractivity contribution in [2.24, 2.45) is 0 Å². The molecule has 1 aromatic rings. The number of Topliss-reactive ketones (excluding diaryl/α,β-unsaturated/α-hetero) is 1. The quantitative estimate of drug-likeness (QED) is 0.712. The minimum atomic E-state index is -4.72. The second kappa shape index (κ2) is 7.01. The van der Waals surface area contributed by atoms with Gasteiger partial charge in [0.2, 0.25) is 0 Å². The van der Waals surface area contributed by atoms with Crippen molar-refractivity contribution in [3.05, 3.63) is 24.3 Å². The summed E-state index contributed by atoms with van der Waals surface area (Å²) in [5.41, 5.74) is 0. The van der Waals surface area contributed by atoms with E-state index in [2.05, 4.69) is 4.74 Å². The first-order valence-corrected chi connectivity index (χ1v) is 5.91. The van der Waals surface area contributed by atoms with Crippen LogP contribution in [0.3, 0.4) is 0 Å². The highest BCUT2D eigenvalue weighted by Crippen LogP contribution is 2.26. The molecule has 0 N–H and O–H groups in total. The summed E-state index contributed by atoms with van der Waals surface area (Å²) in [5, 5.41) is 0. The first-order valence-electron chi connectivity index (χ1n) is 5.91. The van der Waals surface area contributed by atoms with Gasteiger partial charge in [0.15, 0.2) is 0 Å². The molecule has 0 heterocycles. The first kappa shape index (κ1) is 15.3. The van der Waals surface area contributed by atoms with Crippen LogP contribution in [0, 0.1) is 0 Å². The van der Waals surface area contributed by atoms with Gasteiger partial charge >= 0.3 is 6.36 Å². The van der Waals surface area contributed by atoms with Gasteiger partial charge in [0.1, 0.15) is 17.3 Å². The van der Waals surface area contributed by atoms with E-state index in [1.165, 1.54) is 18.2 Å². The van der Waals surface area contributed by atoms with E-state index in [1.54, 1.807) is 6.92 Å². The Labute approximate surface area is 109 Å². The number of rotatable bonds is 7. The summed E-state index contributed by atoms with van der Waals surface area (Å²) in [6.45, 7) is 2.06. The molecule has 6 heteroatoms. The number of benzene rings is 1. The van der Waals surface area contributed by atoms with Crippen molar-refractivity contribution in [2.75, 3.05) is 6.61 Å². The molecule has 1 aromatic carbocycles. The van der Waals surface area contributed by atoms with Crippen molar-refractivity contribution in [3.8, 4) is 11.5 Å². The molecule has 0 fully saturated rings. The van der Waals surface area contributed by atoms with Gasteiger partial charge in [-0.15, -0.1) is 13.2 Å². The van der Waals surface area contributed by atoms with Gasteiger partial charge in [-0.05, 0) is 18.6 Å². The average molecular weight is 276 g/mol. The van der Waals surface area contributed by atoms with Crippen molar-refractivity contribution in [3.63, 3.8) is 0 Å². The molecule has 0 radical (unpaired) electrons. The zero-order valence-electron chi connectivity index (χ0n) is 10.5. The molecule has 106 valence electrons. The largest absolute Gasteiger partial charge is 0.573 e. The molecule has 0 saturated heterocycles. The predicted octanol–water partition coefficient (Wildman–Crippen LogP) is 3.72. The summed E-state index contributed by atoms with van der Waals surface area (Å²) < 4.78 is 45.0. The van der Waals surface area contributed by atoms with Gasteiger partial charge in [-0.1, -0.05) is 13.0 Å². The van der Waals surface area contributed by atoms with E-state index in [4.69, 9.17) is 4.74 Å². The van der Waals surface area contributed by atoms with E-state index in [1.807, 2.05) is 0 Å². The second-order valence-electron chi connectivity index (χ2n) is 3.87. The van der Waals surface area contributed by atoms with Gasteiger partial charge in [0.25, 0.3) is 0 Å². The summed E-state index contributed by atoms with van der Waals surface area (Å²) >= 11 is 0. The van der Waals surface area contributed by atoms with Crippen LogP contribution < -0.4 is 9.47 Å². The van der Waals surface area contributed by atoms with Gasteiger partial charge in [0.05, 0.1) is 6.61 Å². The van der Waals surface area contributed by atoms with Crippen LogP contribution in [0.1, 0.15) is 26.2 Å². The third-order valence-electron chi connectivity index (χ3n) is 2.30. The summed E-state index contributed by atoms with van der Waals surface area (Å²) in [7, 11) is 0. The lowest BCUT2D eigenvalue weighted by molar-refractivity contribution is -0.274. The van der Waals surface area contributed by atoms with Crippen LogP contribution in [0.4, 0.5) is 13.2 Å². The lowest BCUT2D eigenvalue weighted by Crippen LogP contribution is -2.17. The van der Waals surface area contributed by atoms with E-state index in [0.717, 1.165) is 6.07 Å². The zero-order chi connectivity index (χ0) is 14.3. The molecule has 0 saturated carbocycles. The van der Waals surface area contributed by atoms with Gasteiger partial charge in [-0.2, -0.15) is 0 Å². The van der Waals surface area contributed by atoms with Crippen molar-refractivity contribution < 1.29 is 27.4 Å². The lowest BCUT2D eigenvalue weighted by Gasteiger charge is -2.10. The van der Waals surface area contributed by atoms with Gasteiger partial charge in [0, 0.05) is 18.9 Å². The smallest absolute Gasteiger partial charge is 0.493 e. The van der Waals surface area contributed by atoms with Crippen molar-refractivity contribution >= 4 is 5.78 Å². The monoisotopic (exact) mass is 276 g/mol. The van der Waals surface area contributed by atoms with Crippen LogP contribution in [0.15, 0.2) is 24.3 Å². The predicted molar refractivity (Wildman–Crippen MR) is 63.2 cm³/mol. The number of halogens is 3. The highest BCUT2D eigenvalue weighted by atomic mass is 19.4. The molecule has 0 bridgehead atoms. The molecule has 0 aliphatic carbocycles. The van der Waals surface area contributed by atoms with E-state index < -0.39 is 6.36 Å². The second-order valence-corrected chi connectivity index (χ2v) is 3.87. The summed E-state index contributed by atoms with van der Waals surface area (Å²) in [6, 6.07) is 5.30. The maximum atomic E-state index is 12.0. The molecule has 0 atom stereocenters. The molecule has 19 heavy (non-hydrogen) atoms. The molecule has 3 nitrogen and oxygen atoms in total. The molecule has 0 aliphatic heterocycles. The summed E-state index contributed by atoms with van der Waals surface area (Å²) in [5.74, 6) is 0.0955. The standard InChI is InChI=1S/C13H15F3O3/c1-2-10(17)5-4-8-18-11-6-3-7-12(9-11)19-13(14,15)16/h3,6-7,9H,2,4-5,8H2,1H3. The van der Waals surface area contributed by atoms with Crippen LogP contribution in [0.5, 0.6) is 11.5 Å². The van der Waals surface area contributed by atoms with Crippen LogP contribution in [0.25, 0.3) is 0 Å². The highest BCUT2D eigenvalue weighted by Gasteiger charge is 2.31. The number of hydrogen-bond donors (Lipinski definition) is 0. The average Bonchev–Trinajstić information content (AvgIpc) is 2.32. The van der Waals surface area contributed by atoms with E-state index in [9.17, 15) is 18.0 Å². The Morgan fingerprint density at radius 1 is 1.26 bits per heavy atom. The molecule has 0 aliphatic rings. The lowest BCUT2D eigenvalue weighted by atomic mass is 10.2. The van der Waals surface area contributed by atoms with Crippen LogP contribution in [-0.4, -0.2) is 18.8 Å². The topological polar surface area (TPSA) is 35.5 Å². The number of alkyl halides is 3. The number of carbonyl (C=O) groups is 1. The summed E-state index contributed by atoms with van der Waals surface area (Å²) in [6.07, 6.45) is -3.28. The van der Waals surface area contributed by atoms with Crippen molar-refractivity contribution in [1.29, 1.82) is 0 Å². The maximum Gasteiger partial charge on any atom is 0.573 e. The van der Waals surface area contributed by atoms with Crippen LogP contribution in [-0.2, 0) is 4.79 Å². The Hall–Kier alpha value is -1.72. The van der Waals surface area contributed by atoms with Gasteiger partial charge in [-0.25, -0.2) is 0 Å². The van der Waals surface area contributed by atoms with E-state index >= 15 is 0 Å². The third kappa shape index (κ3) is 6.69. The van der Waals surface area contributed by atoms with E-state index in [-0.39, 0.29) is 23.9 Å². The SMILES string of the molecule is CCC(=O)CCCOc1cccc(OC(F)(F)F)c1. The van der Waals surface area contributed by atoms with Crippen molar-refractivity contribution in [1.82, 2.24) is 0 Å². The summed E-state index contributed by atoms with van der Waals surface area (Å²) in [4.78, 5) is 11.0. The third-order valence-corrected chi connectivity index (χ3v) is 2.30. The fourth-order valence-electron chi connectivity index (χ4n) is 1.40. The fourth-order valence-corrected chi connectivity index (χ4v) is 1.40. The van der Waals surface area contributed by atoms with Crippen LogP contribution >= 0.6 is 0 Å². The molecular weight excluding hydrogens is 261 g/mol. The minimum absolute atomic E-state index is 0.137. The molecular formula is C13H15F3O3. The van der Waals surface area contributed by atoms with Crippen LogP contribution in [0.2, 0.25) is 0 Å². The first-order chi connectivity index (χ1) is 8.90. The molecule has 0 amide bonds. The number of ether oxygens (including phenoxy) is 2. The van der Waals surface area contributed by atoms with Gasteiger partial charge < -0.3 is 9.47 Å². The minimum Gasteiger partial charge on any atom is -0.493 e. The van der Waals surface area contributed by atoms with E-state index in [0.29, 0.717) is 19.3 Å². The highest BCUT2D eigenvalue weighted by molar-refractivity contribution is 5.77. The molecule has 1 rings (SSSR count). The Bertz CT molecular complexity index is 416. The zero-order valence-corrected chi connectivity index (χ0v) is 10.5. The van der Waals surface area contributed by atoms with Crippen molar-refractivity contribution in [2.45, 2.75) is 32.5 Å². The maximum absolute atomic E-state index is 12.0. The Balaban J connectivity index is 2.42. The number of carbonyl (C=O) groups excluding carboxylic acids is 1. The Morgan fingerprint density at radius 2 is 1.95 bits per heavy atom. The Morgan fingerprint density at radius 3 is 2.58 bits per heavy atom. The van der Waals surface area contributed by atoms with Gasteiger partial charge in [-0.3, -0.25) is 4.79 Å². The fraction of sp³-hybridized carbons (Fsp3) is 0.462. The molecule has 0 spiro atoms. The normalized spacial score (nSPS) is 11.2. The number of hydrogen-bond acceptors (Lipinski definition) is 3. The molecule has 0 unspecified atom stereocenters. The number of ketones is 1. The Kier molecular flexibility index (Phi) is 5.66. The molecule has 0 aromatic heterocycles.